The first-order chi connectivity index (χ1) is 7.99. The minimum absolute atomic E-state index is 0.0388. The van der Waals surface area contributed by atoms with Gasteiger partial charge in [-0.05, 0) is 23.8 Å². The summed E-state index contributed by atoms with van der Waals surface area (Å²) in [5.41, 5.74) is 1.72. The van der Waals surface area contributed by atoms with Crippen LogP contribution in [0.5, 0.6) is 0 Å². The van der Waals surface area contributed by atoms with Crippen LogP contribution in [0.25, 0.3) is 0 Å². The Morgan fingerprint density at radius 3 is 2.82 bits per heavy atom. The third kappa shape index (κ3) is 2.24. The maximum absolute atomic E-state index is 11.8. The fourth-order valence-corrected chi connectivity index (χ4v) is 2.11. The smallest absolute Gasteiger partial charge is 0.335 e. The molecule has 5 heteroatoms. The summed E-state index contributed by atoms with van der Waals surface area (Å²) in [6.07, 6.45) is 0.247. The highest BCUT2D eigenvalue weighted by atomic mass is 79.9. The van der Waals surface area contributed by atoms with Crippen molar-refractivity contribution in [1.82, 2.24) is 0 Å². The van der Waals surface area contributed by atoms with Crippen LogP contribution in [0.1, 0.15) is 15.9 Å². The zero-order valence-electron chi connectivity index (χ0n) is 8.94. The largest absolute Gasteiger partial charge is 0.478 e. The van der Waals surface area contributed by atoms with E-state index >= 15 is 0 Å². The lowest BCUT2D eigenvalue weighted by Crippen LogP contribution is -2.27. The lowest BCUT2D eigenvalue weighted by molar-refractivity contribution is -0.117. The highest BCUT2D eigenvalue weighted by Gasteiger charge is 2.27. The molecular weight excluding hydrogens is 286 g/mol. The Kier molecular flexibility index (Phi) is 3.02. The molecule has 0 radical (unpaired) electrons. The van der Waals surface area contributed by atoms with Crippen molar-refractivity contribution in [2.24, 2.45) is 0 Å². The molecule has 0 fully saturated rings. The summed E-state index contributed by atoms with van der Waals surface area (Å²) in [7, 11) is 0. The van der Waals surface area contributed by atoms with Crippen LogP contribution in [-0.2, 0) is 11.2 Å². The van der Waals surface area contributed by atoms with Crippen molar-refractivity contribution in [1.29, 1.82) is 0 Å². The zero-order chi connectivity index (χ0) is 12.6. The molecule has 1 aliphatic rings. The lowest BCUT2D eigenvalue weighted by atomic mass is 10.1. The number of benzene rings is 1. The molecule has 1 N–H and O–H groups in total. The van der Waals surface area contributed by atoms with Gasteiger partial charge in [0.05, 0.1) is 18.5 Å². The Morgan fingerprint density at radius 2 is 2.24 bits per heavy atom. The summed E-state index contributed by atoms with van der Waals surface area (Å²) in [6, 6.07) is 4.72. The summed E-state index contributed by atoms with van der Waals surface area (Å²) < 4.78 is 0.709. The third-order valence-corrected chi connectivity index (χ3v) is 2.84. The second kappa shape index (κ2) is 4.33. The number of hydrogen-bond acceptors (Lipinski definition) is 2. The van der Waals surface area contributed by atoms with Crippen molar-refractivity contribution in [3.05, 3.63) is 40.4 Å². The number of anilines is 1. The first-order valence-corrected chi connectivity index (χ1v) is 5.78. The third-order valence-electron chi connectivity index (χ3n) is 2.59. The van der Waals surface area contributed by atoms with Crippen molar-refractivity contribution in [2.75, 3.05) is 11.4 Å². The van der Waals surface area contributed by atoms with E-state index in [2.05, 4.69) is 22.5 Å². The monoisotopic (exact) mass is 295 g/mol. The van der Waals surface area contributed by atoms with Gasteiger partial charge >= 0.3 is 5.97 Å². The molecular formula is C12H10BrNO3. The Hall–Kier alpha value is -1.62. The second-order valence-electron chi connectivity index (χ2n) is 3.82. The van der Waals surface area contributed by atoms with E-state index in [0.717, 1.165) is 11.3 Å². The van der Waals surface area contributed by atoms with Gasteiger partial charge in [-0.15, -0.1) is 0 Å². The van der Waals surface area contributed by atoms with Gasteiger partial charge in [0.15, 0.2) is 0 Å². The van der Waals surface area contributed by atoms with E-state index in [4.69, 9.17) is 5.11 Å². The van der Waals surface area contributed by atoms with Gasteiger partial charge in [0, 0.05) is 10.2 Å². The van der Waals surface area contributed by atoms with E-state index in [0.29, 0.717) is 11.0 Å². The number of carboxylic acid groups (broad SMARTS) is 1. The predicted molar refractivity (Wildman–Crippen MR) is 67.5 cm³/mol. The van der Waals surface area contributed by atoms with Crippen LogP contribution in [0.4, 0.5) is 5.69 Å². The summed E-state index contributed by atoms with van der Waals surface area (Å²) in [6.45, 7) is 4.10. The minimum Gasteiger partial charge on any atom is -0.478 e. The number of hydrogen-bond donors (Lipinski definition) is 1. The average Bonchev–Trinajstić information content (AvgIpc) is 2.54. The van der Waals surface area contributed by atoms with Gasteiger partial charge in [-0.25, -0.2) is 4.79 Å². The van der Waals surface area contributed by atoms with E-state index in [-0.39, 0.29) is 17.9 Å². The van der Waals surface area contributed by atoms with Crippen molar-refractivity contribution >= 4 is 33.5 Å². The van der Waals surface area contributed by atoms with Gasteiger partial charge in [-0.1, -0.05) is 22.5 Å². The van der Waals surface area contributed by atoms with Gasteiger partial charge in [0.1, 0.15) is 0 Å². The molecule has 88 valence electrons. The number of carboxylic acids is 1. The van der Waals surface area contributed by atoms with E-state index < -0.39 is 5.97 Å². The fraction of sp³-hybridized carbons (Fsp3) is 0.167. The van der Waals surface area contributed by atoms with Crippen LogP contribution in [0.2, 0.25) is 0 Å². The number of carbonyl (C=O) groups is 2. The van der Waals surface area contributed by atoms with E-state index in [1.807, 2.05) is 0 Å². The van der Waals surface area contributed by atoms with Crippen molar-refractivity contribution in [2.45, 2.75) is 6.42 Å². The molecule has 0 bridgehead atoms. The first kappa shape index (κ1) is 11.9. The molecule has 4 nitrogen and oxygen atoms in total. The van der Waals surface area contributed by atoms with E-state index in [9.17, 15) is 9.59 Å². The predicted octanol–water partition coefficient (Wildman–Crippen LogP) is 2.18. The highest BCUT2D eigenvalue weighted by Crippen LogP contribution is 2.30. The highest BCUT2D eigenvalue weighted by molar-refractivity contribution is 9.11. The summed E-state index contributed by atoms with van der Waals surface area (Å²) >= 11 is 3.22. The Balaban J connectivity index is 2.38. The fourth-order valence-electron chi connectivity index (χ4n) is 1.86. The molecule has 0 saturated carbocycles. The van der Waals surface area contributed by atoms with Crippen LogP contribution in [0, 0.1) is 0 Å². The van der Waals surface area contributed by atoms with Crippen LogP contribution in [0.15, 0.2) is 29.3 Å². The molecule has 0 aromatic heterocycles. The van der Waals surface area contributed by atoms with Crippen LogP contribution >= 0.6 is 15.9 Å². The second-order valence-corrected chi connectivity index (χ2v) is 4.94. The summed E-state index contributed by atoms with van der Waals surface area (Å²) in [5, 5.41) is 8.87. The van der Waals surface area contributed by atoms with Crippen LogP contribution < -0.4 is 4.90 Å². The number of aromatic carboxylic acids is 1. The Labute approximate surface area is 107 Å². The number of rotatable bonds is 3. The maximum Gasteiger partial charge on any atom is 0.335 e. The summed E-state index contributed by atoms with van der Waals surface area (Å²) in [4.78, 5) is 24.2. The quantitative estimate of drug-likeness (QED) is 0.930. The van der Waals surface area contributed by atoms with Gasteiger partial charge in [0.2, 0.25) is 5.91 Å². The van der Waals surface area contributed by atoms with Crippen LogP contribution in [0.3, 0.4) is 0 Å². The van der Waals surface area contributed by atoms with E-state index in [1.54, 1.807) is 17.0 Å². The lowest BCUT2D eigenvalue weighted by Gasteiger charge is -2.16. The molecule has 0 spiro atoms. The van der Waals surface area contributed by atoms with Gasteiger partial charge < -0.3 is 10.0 Å². The standard InChI is InChI=1S/C12H10BrNO3/c1-7(13)6-14-10-3-2-8(12(16)17)4-9(10)5-11(14)15/h2-4H,1,5-6H2,(H,16,17). The topological polar surface area (TPSA) is 57.6 Å². The molecule has 2 rings (SSSR count). The van der Waals surface area contributed by atoms with Crippen molar-refractivity contribution in [3.63, 3.8) is 0 Å². The molecule has 1 aromatic carbocycles. The Bertz CT molecular complexity index is 524. The SMILES string of the molecule is C=C(Br)CN1C(=O)Cc2cc(C(=O)O)ccc21. The number of amides is 1. The van der Waals surface area contributed by atoms with Gasteiger partial charge in [-0.3, -0.25) is 4.79 Å². The molecule has 1 aliphatic heterocycles. The minimum atomic E-state index is -0.983. The number of fused-ring (bicyclic) bond motifs is 1. The molecule has 1 amide bonds. The molecule has 0 unspecified atom stereocenters. The first-order valence-electron chi connectivity index (χ1n) is 4.99. The maximum atomic E-state index is 11.8. The van der Waals surface area contributed by atoms with E-state index in [1.165, 1.54) is 6.07 Å². The van der Waals surface area contributed by atoms with Crippen LogP contribution in [-0.4, -0.2) is 23.5 Å². The van der Waals surface area contributed by atoms with Crippen molar-refractivity contribution < 1.29 is 14.7 Å². The number of carbonyl (C=O) groups excluding carboxylic acids is 1. The molecule has 0 saturated heterocycles. The normalized spacial score (nSPS) is 13.7. The van der Waals surface area contributed by atoms with Gasteiger partial charge in [-0.2, -0.15) is 0 Å². The van der Waals surface area contributed by atoms with Crippen molar-refractivity contribution in [3.8, 4) is 0 Å². The number of halogens is 1. The molecule has 0 aliphatic carbocycles. The molecule has 1 heterocycles. The molecule has 0 atom stereocenters. The average molecular weight is 296 g/mol. The van der Waals surface area contributed by atoms with Gasteiger partial charge in [0.25, 0.3) is 0 Å². The number of nitrogens with zero attached hydrogens (tertiary/aromatic N) is 1. The summed E-state index contributed by atoms with van der Waals surface area (Å²) in [5.74, 6) is -1.02. The molecule has 1 aromatic rings. The molecule has 17 heavy (non-hydrogen) atoms. The zero-order valence-corrected chi connectivity index (χ0v) is 10.5. The Morgan fingerprint density at radius 1 is 1.53 bits per heavy atom.